The maximum Gasteiger partial charge on any atom is 0.232 e. The molecule has 6 rings (SSSR count). The molecule has 148 valence electrons. The Kier molecular flexibility index (Phi) is 4.77. The van der Waals surface area contributed by atoms with Gasteiger partial charge in [-0.15, -0.1) is 11.8 Å². The normalized spacial score (nSPS) is 35.7. The van der Waals surface area contributed by atoms with Crippen molar-refractivity contribution in [3.05, 3.63) is 18.2 Å². The molecule has 2 heterocycles. The van der Waals surface area contributed by atoms with E-state index in [2.05, 4.69) is 27.6 Å². The predicted molar refractivity (Wildman–Crippen MR) is 110 cm³/mol. The number of hydrogen-bond donors (Lipinski definition) is 0. The Morgan fingerprint density at radius 2 is 1.78 bits per heavy atom. The first-order valence-electron chi connectivity index (χ1n) is 11.1. The molecule has 4 bridgehead atoms. The van der Waals surface area contributed by atoms with Crippen LogP contribution in [0.1, 0.15) is 70.0 Å². The second kappa shape index (κ2) is 7.13. The Labute approximate surface area is 167 Å². The van der Waals surface area contributed by atoms with Gasteiger partial charge in [-0.25, -0.2) is 4.98 Å². The summed E-state index contributed by atoms with van der Waals surface area (Å²) in [7, 11) is 0. The minimum Gasteiger partial charge on any atom is -0.342 e. The lowest BCUT2D eigenvalue weighted by atomic mass is 9.56. The van der Waals surface area contributed by atoms with Gasteiger partial charge in [0.1, 0.15) is 5.82 Å². The number of hydrogen-bond acceptors (Lipinski definition) is 3. The van der Waals surface area contributed by atoms with Crippen molar-refractivity contribution in [2.75, 3.05) is 18.8 Å². The highest BCUT2D eigenvalue weighted by Crippen LogP contribution is 2.60. The standard InChI is InChI=1S/C22H33N3OS/c1-2-24-8-5-23-21(24)19-3-6-25(7-4-19)20(26)15-27-22-12-16-9-17(13-22)11-18(10-16)14-22/h5,8,16-19H,2-4,6-7,9-15H2,1H3. The van der Waals surface area contributed by atoms with Crippen LogP contribution in [-0.2, 0) is 11.3 Å². The predicted octanol–water partition coefficient (Wildman–Crippen LogP) is 4.31. The lowest BCUT2D eigenvalue weighted by Gasteiger charge is -2.56. The summed E-state index contributed by atoms with van der Waals surface area (Å²) in [6.07, 6.45) is 14.7. The van der Waals surface area contributed by atoms with Gasteiger partial charge in [0, 0.05) is 42.7 Å². The Bertz CT molecular complexity index is 656. The summed E-state index contributed by atoms with van der Waals surface area (Å²) in [5, 5.41) is 0. The van der Waals surface area contributed by atoms with E-state index in [4.69, 9.17) is 0 Å². The van der Waals surface area contributed by atoms with Crippen molar-refractivity contribution < 1.29 is 4.79 Å². The first-order chi connectivity index (χ1) is 13.1. The fourth-order valence-electron chi connectivity index (χ4n) is 6.85. The number of amides is 1. The molecule has 4 aliphatic carbocycles. The van der Waals surface area contributed by atoms with Crippen molar-refractivity contribution in [1.29, 1.82) is 0 Å². The van der Waals surface area contributed by atoms with Gasteiger partial charge in [-0.3, -0.25) is 4.79 Å². The molecule has 5 aliphatic rings. The minimum absolute atomic E-state index is 0.382. The molecule has 0 atom stereocenters. The highest BCUT2D eigenvalue weighted by atomic mass is 32.2. The first-order valence-corrected chi connectivity index (χ1v) is 12.1. The molecule has 5 heteroatoms. The van der Waals surface area contributed by atoms with Crippen LogP contribution >= 0.6 is 11.8 Å². The summed E-state index contributed by atoms with van der Waals surface area (Å²) in [6, 6.07) is 0. The molecular formula is C22H33N3OS. The smallest absolute Gasteiger partial charge is 0.232 e. The van der Waals surface area contributed by atoms with Crippen LogP contribution in [0.4, 0.5) is 0 Å². The Balaban J connectivity index is 1.14. The first kappa shape index (κ1) is 18.1. The van der Waals surface area contributed by atoms with Gasteiger partial charge in [0.2, 0.25) is 5.91 Å². The van der Waals surface area contributed by atoms with Crippen LogP contribution in [0.2, 0.25) is 0 Å². The monoisotopic (exact) mass is 387 g/mol. The number of nitrogens with zero attached hydrogens (tertiary/aromatic N) is 3. The van der Waals surface area contributed by atoms with Crippen molar-refractivity contribution in [3.8, 4) is 0 Å². The maximum absolute atomic E-state index is 12.9. The van der Waals surface area contributed by atoms with Gasteiger partial charge in [-0.05, 0) is 76.0 Å². The fraction of sp³-hybridized carbons (Fsp3) is 0.818. The molecule has 0 unspecified atom stereocenters. The number of imidazole rings is 1. The molecule has 1 aromatic rings. The topological polar surface area (TPSA) is 38.1 Å². The minimum atomic E-state index is 0.382. The average molecular weight is 388 g/mol. The van der Waals surface area contributed by atoms with Crippen LogP contribution in [0, 0.1) is 17.8 Å². The fourth-order valence-corrected chi connectivity index (χ4v) is 8.52. The van der Waals surface area contributed by atoms with Crippen LogP contribution < -0.4 is 0 Å². The van der Waals surface area contributed by atoms with Crippen molar-refractivity contribution in [2.24, 2.45) is 17.8 Å². The van der Waals surface area contributed by atoms with Crippen LogP contribution in [0.3, 0.4) is 0 Å². The molecule has 0 N–H and O–H groups in total. The summed E-state index contributed by atoms with van der Waals surface area (Å²) < 4.78 is 2.71. The summed E-state index contributed by atoms with van der Waals surface area (Å²) in [6.45, 7) is 4.96. The van der Waals surface area contributed by atoms with E-state index in [1.807, 2.05) is 18.0 Å². The number of rotatable bonds is 5. The Hall–Kier alpha value is -0.970. The zero-order valence-corrected chi connectivity index (χ0v) is 17.4. The lowest BCUT2D eigenvalue weighted by molar-refractivity contribution is -0.129. The lowest BCUT2D eigenvalue weighted by Crippen LogP contribution is -2.49. The van der Waals surface area contributed by atoms with E-state index >= 15 is 0 Å². The average Bonchev–Trinajstić information content (AvgIpc) is 3.14. The molecule has 5 fully saturated rings. The molecule has 1 aromatic heterocycles. The van der Waals surface area contributed by atoms with Gasteiger partial charge in [0.15, 0.2) is 0 Å². The molecule has 27 heavy (non-hydrogen) atoms. The third-order valence-corrected chi connectivity index (χ3v) is 9.29. The molecule has 0 spiro atoms. The van der Waals surface area contributed by atoms with Crippen LogP contribution in [0.15, 0.2) is 12.4 Å². The number of carbonyl (C=O) groups excluding carboxylic acids is 1. The largest absolute Gasteiger partial charge is 0.342 e. The molecular weight excluding hydrogens is 354 g/mol. The summed E-state index contributed by atoms with van der Waals surface area (Å²) in [5.74, 6) is 5.73. The zero-order chi connectivity index (χ0) is 18.4. The van der Waals surface area contributed by atoms with Crippen LogP contribution in [0.5, 0.6) is 0 Å². The summed E-state index contributed by atoms with van der Waals surface area (Å²) in [5.41, 5.74) is 0. The zero-order valence-electron chi connectivity index (χ0n) is 16.6. The highest BCUT2D eigenvalue weighted by Gasteiger charge is 2.51. The quantitative estimate of drug-likeness (QED) is 0.755. The number of thioether (sulfide) groups is 1. The van der Waals surface area contributed by atoms with Gasteiger partial charge in [-0.2, -0.15) is 0 Å². The third kappa shape index (κ3) is 3.45. The van der Waals surface area contributed by atoms with E-state index in [-0.39, 0.29) is 0 Å². The van der Waals surface area contributed by atoms with Gasteiger partial charge in [-0.1, -0.05) is 0 Å². The molecule has 1 saturated heterocycles. The number of piperidine rings is 1. The third-order valence-electron chi connectivity index (χ3n) is 7.79. The van der Waals surface area contributed by atoms with Crippen LogP contribution in [-0.4, -0.2) is 43.9 Å². The van der Waals surface area contributed by atoms with E-state index in [1.54, 1.807) is 0 Å². The molecule has 1 aliphatic heterocycles. The number of carbonyl (C=O) groups is 1. The highest BCUT2D eigenvalue weighted by molar-refractivity contribution is 8.01. The van der Waals surface area contributed by atoms with Gasteiger partial charge in [0.25, 0.3) is 0 Å². The number of aryl methyl sites for hydroxylation is 1. The van der Waals surface area contributed by atoms with Crippen molar-refractivity contribution in [1.82, 2.24) is 14.5 Å². The summed E-state index contributed by atoms with van der Waals surface area (Å²) in [4.78, 5) is 19.6. The van der Waals surface area contributed by atoms with Crippen LogP contribution in [0.25, 0.3) is 0 Å². The molecule has 4 saturated carbocycles. The number of aromatic nitrogens is 2. The molecule has 1 amide bonds. The summed E-state index contributed by atoms with van der Waals surface area (Å²) >= 11 is 2.03. The van der Waals surface area contributed by atoms with Crippen molar-refractivity contribution in [3.63, 3.8) is 0 Å². The second-order valence-electron chi connectivity index (χ2n) is 9.62. The van der Waals surface area contributed by atoms with E-state index in [1.165, 1.54) is 44.3 Å². The van der Waals surface area contributed by atoms with Crippen molar-refractivity contribution in [2.45, 2.75) is 75.5 Å². The Morgan fingerprint density at radius 1 is 1.15 bits per heavy atom. The van der Waals surface area contributed by atoms with Gasteiger partial charge >= 0.3 is 0 Å². The molecule has 4 nitrogen and oxygen atoms in total. The van der Waals surface area contributed by atoms with Gasteiger partial charge in [0.05, 0.1) is 5.75 Å². The molecule has 0 aromatic carbocycles. The molecule has 0 radical (unpaired) electrons. The SMILES string of the molecule is CCn1ccnc1C1CCN(C(=O)CSC23CC4CC(CC(C4)C2)C3)CC1. The van der Waals surface area contributed by atoms with E-state index < -0.39 is 0 Å². The number of likely N-dealkylation sites (tertiary alicyclic amines) is 1. The van der Waals surface area contributed by atoms with Crippen molar-refractivity contribution >= 4 is 17.7 Å². The second-order valence-corrected chi connectivity index (χ2v) is 11.1. The van der Waals surface area contributed by atoms with E-state index in [9.17, 15) is 4.79 Å². The maximum atomic E-state index is 12.9. The van der Waals surface area contributed by atoms with Gasteiger partial charge < -0.3 is 9.47 Å². The van der Waals surface area contributed by atoms with E-state index in [0.29, 0.717) is 22.3 Å². The van der Waals surface area contributed by atoms with E-state index in [0.717, 1.165) is 50.2 Å². The Morgan fingerprint density at radius 3 is 2.37 bits per heavy atom.